The Balaban J connectivity index is 1.26. The largest absolute Gasteiger partial charge is 0.309 e. The molecule has 3 heteroatoms. The van der Waals surface area contributed by atoms with Gasteiger partial charge < -0.3 is 4.57 Å². The molecule has 7 aromatic carbocycles. The number of hydrogen-bond donors (Lipinski definition) is 0. The second-order valence-electron chi connectivity index (χ2n) is 11.5. The Bertz CT molecular complexity index is 2530. The quantitative estimate of drug-likeness (QED) is 0.210. The molecule has 9 aromatic rings. The Kier molecular flexibility index (Phi) is 5.82. The van der Waals surface area contributed by atoms with Crippen molar-refractivity contribution in [3.05, 3.63) is 164 Å². The number of para-hydroxylation sites is 2. The number of rotatable bonds is 4. The zero-order chi connectivity index (χ0) is 29.7. The average molecular weight is 574 g/mol. The van der Waals surface area contributed by atoms with Crippen LogP contribution >= 0.6 is 0 Å². The Morgan fingerprint density at radius 3 is 1.87 bits per heavy atom. The Morgan fingerprint density at radius 2 is 1.02 bits per heavy atom. The molecule has 0 bridgehead atoms. The van der Waals surface area contributed by atoms with Crippen LogP contribution in [0.1, 0.15) is 0 Å². The third-order valence-electron chi connectivity index (χ3n) is 8.77. The maximum atomic E-state index is 5.20. The predicted molar refractivity (Wildman–Crippen MR) is 188 cm³/mol. The molecule has 0 aliphatic carbocycles. The first kappa shape index (κ1) is 25.4. The van der Waals surface area contributed by atoms with Crippen LogP contribution in [0.5, 0.6) is 0 Å². The van der Waals surface area contributed by atoms with E-state index in [9.17, 15) is 0 Å². The molecule has 0 saturated carbocycles. The molecule has 0 atom stereocenters. The second kappa shape index (κ2) is 10.3. The molecule has 210 valence electrons. The van der Waals surface area contributed by atoms with E-state index in [1.807, 2.05) is 18.2 Å². The van der Waals surface area contributed by atoms with E-state index in [0.717, 1.165) is 50.4 Å². The first-order valence-electron chi connectivity index (χ1n) is 15.3. The van der Waals surface area contributed by atoms with Crippen molar-refractivity contribution in [2.45, 2.75) is 0 Å². The van der Waals surface area contributed by atoms with Gasteiger partial charge in [0.1, 0.15) is 0 Å². The first-order valence-corrected chi connectivity index (χ1v) is 15.3. The number of nitrogens with zero attached hydrogens (tertiary/aromatic N) is 3. The number of aromatic nitrogens is 3. The highest BCUT2D eigenvalue weighted by atomic mass is 15.0. The summed E-state index contributed by atoms with van der Waals surface area (Å²) in [7, 11) is 0. The highest BCUT2D eigenvalue weighted by Gasteiger charge is 2.16. The van der Waals surface area contributed by atoms with Crippen molar-refractivity contribution >= 4 is 43.5 Å². The molecule has 3 nitrogen and oxygen atoms in total. The van der Waals surface area contributed by atoms with Gasteiger partial charge in [0, 0.05) is 33.0 Å². The highest BCUT2D eigenvalue weighted by Crippen LogP contribution is 2.37. The van der Waals surface area contributed by atoms with Gasteiger partial charge in [0.05, 0.1) is 22.2 Å². The van der Waals surface area contributed by atoms with Gasteiger partial charge in [-0.05, 0) is 70.4 Å². The number of fused-ring (bicyclic) bond motifs is 5. The average Bonchev–Trinajstić information content (AvgIpc) is 3.45. The SMILES string of the molecule is c1ccc(-c2nc(-c3ccc4ccccc4c3)c3cc(-c4ccc5c(c4)c4ccccc4n5-c4ccccc4)ccc3n2)cc1. The standard InChI is InChI=1S/C42H27N3/c1-3-12-29(13-4-1)42-43-38-23-21-31(27-37(38)41(44-42)33-20-19-28-11-7-8-14-30(28)25-33)32-22-24-40-36(26-32)35-17-9-10-18-39(35)45(40)34-15-5-2-6-16-34/h1-27H. The maximum absolute atomic E-state index is 5.20. The summed E-state index contributed by atoms with van der Waals surface area (Å²) in [5.74, 6) is 0.731. The van der Waals surface area contributed by atoms with E-state index < -0.39 is 0 Å². The summed E-state index contributed by atoms with van der Waals surface area (Å²) < 4.78 is 2.35. The van der Waals surface area contributed by atoms with Crippen LogP contribution in [-0.2, 0) is 0 Å². The lowest BCUT2D eigenvalue weighted by Crippen LogP contribution is -1.96. The zero-order valence-corrected chi connectivity index (χ0v) is 24.4. The van der Waals surface area contributed by atoms with Gasteiger partial charge in [0.15, 0.2) is 5.82 Å². The van der Waals surface area contributed by atoms with E-state index >= 15 is 0 Å². The third-order valence-corrected chi connectivity index (χ3v) is 8.77. The van der Waals surface area contributed by atoms with E-state index in [0.29, 0.717) is 0 Å². The van der Waals surface area contributed by atoms with E-state index in [1.54, 1.807) is 0 Å². The minimum Gasteiger partial charge on any atom is -0.309 e. The highest BCUT2D eigenvalue weighted by molar-refractivity contribution is 6.10. The molecule has 2 aromatic heterocycles. The van der Waals surface area contributed by atoms with Crippen LogP contribution in [0.2, 0.25) is 0 Å². The fourth-order valence-electron chi connectivity index (χ4n) is 6.59. The summed E-state index contributed by atoms with van der Waals surface area (Å²) in [6.07, 6.45) is 0. The normalized spacial score (nSPS) is 11.6. The third kappa shape index (κ3) is 4.29. The van der Waals surface area contributed by atoms with E-state index in [1.165, 1.54) is 32.6 Å². The Hall–Kier alpha value is -6.06. The van der Waals surface area contributed by atoms with Crippen LogP contribution in [0.3, 0.4) is 0 Å². The topological polar surface area (TPSA) is 30.7 Å². The molecule has 0 spiro atoms. The van der Waals surface area contributed by atoms with Gasteiger partial charge in [-0.1, -0.05) is 115 Å². The summed E-state index contributed by atoms with van der Waals surface area (Å²) in [5.41, 5.74) is 9.81. The fraction of sp³-hybridized carbons (Fsp3) is 0. The maximum Gasteiger partial charge on any atom is 0.160 e. The number of hydrogen-bond acceptors (Lipinski definition) is 2. The lowest BCUT2D eigenvalue weighted by Gasteiger charge is -2.12. The fourth-order valence-corrected chi connectivity index (χ4v) is 6.59. The van der Waals surface area contributed by atoms with Crippen molar-refractivity contribution in [2.24, 2.45) is 0 Å². The molecular weight excluding hydrogens is 546 g/mol. The lowest BCUT2D eigenvalue weighted by molar-refractivity contribution is 1.18. The molecular formula is C42H27N3. The minimum absolute atomic E-state index is 0.731. The van der Waals surface area contributed by atoms with Crippen LogP contribution in [0.15, 0.2) is 164 Å². The summed E-state index contributed by atoms with van der Waals surface area (Å²) >= 11 is 0. The molecule has 9 rings (SSSR count). The molecule has 0 fully saturated rings. The molecule has 0 N–H and O–H groups in total. The van der Waals surface area contributed by atoms with Gasteiger partial charge in [-0.15, -0.1) is 0 Å². The van der Waals surface area contributed by atoms with Crippen molar-refractivity contribution in [1.29, 1.82) is 0 Å². The Morgan fingerprint density at radius 1 is 0.378 bits per heavy atom. The van der Waals surface area contributed by atoms with E-state index in [4.69, 9.17) is 9.97 Å². The zero-order valence-electron chi connectivity index (χ0n) is 24.4. The molecule has 45 heavy (non-hydrogen) atoms. The van der Waals surface area contributed by atoms with Crippen LogP contribution in [0, 0.1) is 0 Å². The summed E-state index contributed by atoms with van der Waals surface area (Å²) in [4.78, 5) is 10.2. The van der Waals surface area contributed by atoms with Crippen LogP contribution in [0.4, 0.5) is 0 Å². The molecule has 0 aliphatic heterocycles. The van der Waals surface area contributed by atoms with Crippen LogP contribution in [0.25, 0.3) is 82.9 Å². The molecule has 0 aliphatic rings. The lowest BCUT2D eigenvalue weighted by atomic mass is 9.97. The van der Waals surface area contributed by atoms with Gasteiger partial charge in [0.25, 0.3) is 0 Å². The summed E-state index contributed by atoms with van der Waals surface area (Å²) in [6.45, 7) is 0. The Labute approximate surface area is 260 Å². The monoisotopic (exact) mass is 573 g/mol. The molecule has 0 amide bonds. The van der Waals surface area contributed by atoms with Crippen molar-refractivity contribution in [1.82, 2.24) is 14.5 Å². The van der Waals surface area contributed by atoms with Gasteiger partial charge in [-0.25, -0.2) is 9.97 Å². The smallest absolute Gasteiger partial charge is 0.160 e. The molecule has 0 saturated heterocycles. The second-order valence-corrected chi connectivity index (χ2v) is 11.5. The summed E-state index contributed by atoms with van der Waals surface area (Å²) in [6, 6.07) is 57.9. The van der Waals surface area contributed by atoms with Crippen molar-refractivity contribution in [3.63, 3.8) is 0 Å². The predicted octanol–water partition coefficient (Wildman–Crippen LogP) is 10.9. The molecule has 2 heterocycles. The van der Waals surface area contributed by atoms with Gasteiger partial charge in [-0.2, -0.15) is 0 Å². The van der Waals surface area contributed by atoms with Crippen molar-refractivity contribution in [3.8, 4) is 39.5 Å². The molecule has 0 unspecified atom stereocenters. The van der Waals surface area contributed by atoms with Crippen LogP contribution < -0.4 is 0 Å². The summed E-state index contributed by atoms with van der Waals surface area (Å²) in [5, 5.41) is 5.92. The van der Waals surface area contributed by atoms with E-state index in [-0.39, 0.29) is 0 Å². The van der Waals surface area contributed by atoms with Gasteiger partial charge >= 0.3 is 0 Å². The van der Waals surface area contributed by atoms with Crippen molar-refractivity contribution < 1.29 is 0 Å². The number of benzene rings is 7. The van der Waals surface area contributed by atoms with Gasteiger partial charge in [-0.3, -0.25) is 0 Å². The molecule has 0 radical (unpaired) electrons. The van der Waals surface area contributed by atoms with Gasteiger partial charge in [0.2, 0.25) is 0 Å². The first-order chi connectivity index (χ1) is 22.3. The van der Waals surface area contributed by atoms with E-state index in [2.05, 4.69) is 150 Å². The van der Waals surface area contributed by atoms with Crippen LogP contribution in [-0.4, -0.2) is 14.5 Å². The minimum atomic E-state index is 0.731. The van der Waals surface area contributed by atoms with Crippen molar-refractivity contribution in [2.75, 3.05) is 0 Å².